The van der Waals surface area contributed by atoms with Crippen molar-refractivity contribution in [2.75, 3.05) is 34.4 Å². The molecule has 2 aromatic rings. The van der Waals surface area contributed by atoms with Crippen LogP contribution in [0.25, 0.3) is 0 Å². The summed E-state index contributed by atoms with van der Waals surface area (Å²) in [4.78, 5) is 2.34. The fourth-order valence-corrected chi connectivity index (χ4v) is 4.15. The second-order valence-corrected chi connectivity index (χ2v) is 8.40. The van der Waals surface area contributed by atoms with Crippen LogP contribution in [0.1, 0.15) is 43.4 Å². The van der Waals surface area contributed by atoms with Crippen LogP contribution < -0.4 is 9.47 Å². The topological polar surface area (TPSA) is 45.5 Å². The molecule has 0 aliphatic rings. The van der Waals surface area contributed by atoms with Crippen molar-refractivity contribution in [3.05, 3.63) is 59.2 Å². The molecule has 0 radical (unpaired) electrons. The number of aryl methyl sites for hydroxylation is 1. The molecule has 2 rings (SSSR count). The van der Waals surface area contributed by atoms with Gasteiger partial charge in [-0.1, -0.05) is 44.2 Å². The van der Waals surface area contributed by atoms with Gasteiger partial charge in [0.25, 0.3) is 0 Å². The summed E-state index contributed by atoms with van der Waals surface area (Å²) in [6.45, 7) is 8.36. The Morgan fingerprint density at radius 1 is 1.03 bits per heavy atom. The first-order valence-electron chi connectivity index (χ1n) is 10.7. The van der Waals surface area contributed by atoms with Crippen molar-refractivity contribution in [3.63, 3.8) is 0 Å². The molecule has 2 aromatic carbocycles. The van der Waals surface area contributed by atoms with Crippen molar-refractivity contribution in [3.8, 4) is 17.6 Å². The van der Waals surface area contributed by atoms with Gasteiger partial charge in [0.1, 0.15) is 0 Å². The molecule has 0 bridgehead atoms. The second-order valence-electron chi connectivity index (χ2n) is 8.40. The molecule has 0 saturated heterocycles. The molecule has 0 saturated carbocycles. The Hall–Kier alpha value is -2.51. The Labute approximate surface area is 182 Å². The van der Waals surface area contributed by atoms with Crippen molar-refractivity contribution < 1.29 is 9.47 Å². The monoisotopic (exact) mass is 408 g/mol. The Morgan fingerprint density at radius 3 is 2.33 bits per heavy atom. The Kier molecular flexibility index (Phi) is 8.74. The minimum Gasteiger partial charge on any atom is -0.493 e. The molecule has 0 aromatic heterocycles. The molecule has 0 heterocycles. The molecule has 162 valence electrons. The van der Waals surface area contributed by atoms with Crippen molar-refractivity contribution in [1.29, 1.82) is 5.26 Å². The first-order valence-corrected chi connectivity index (χ1v) is 10.7. The van der Waals surface area contributed by atoms with Gasteiger partial charge in [-0.2, -0.15) is 5.26 Å². The maximum absolute atomic E-state index is 10.1. The highest BCUT2D eigenvalue weighted by atomic mass is 16.5. The van der Waals surface area contributed by atoms with Gasteiger partial charge < -0.3 is 14.4 Å². The smallest absolute Gasteiger partial charge is 0.160 e. The minimum absolute atomic E-state index is 0.265. The van der Waals surface area contributed by atoms with E-state index in [1.807, 2.05) is 24.3 Å². The summed E-state index contributed by atoms with van der Waals surface area (Å²) < 4.78 is 10.7. The Balaban J connectivity index is 1.96. The quantitative estimate of drug-likeness (QED) is 0.500. The standard InChI is InChI=1S/C26H36N2O2/c1-20(2)26(19-27,23-11-8-7-10-21(23)3)15-9-16-28(4)17-14-22-12-13-24(29-5)25(18-22)30-6/h7-8,10-13,18,20H,9,14-17H2,1-6H3/t26-/m1/s1. The first kappa shape index (κ1) is 23.8. The number of benzene rings is 2. The maximum atomic E-state index is 10.1. The van der Waals surface area contributed by atoms with E-state index >= 15 is 0 Å². The predicted molar refractivity (Wildman–Crippen MR) is 123 cm³/mol. The largest absolute Gasteiger partial charge is 0.493 e. The molecule has 1 atom stereocenters. The summed E-state index contributed by atoms with van der Waals surface area (Å²) in [5.74, 6) is 1.79. The van der Waals surface area contributed by atoms with Gasteiger partial charge in [-0.25, -0.2) is 0 Å². The Morgan fingerprint density at radius 2 is 1.73 bits per heavy atom. The van der Waals surface area contributed by atoms with Gasteiger partial charge in [-0.15, -0.1) is 0 Å². The normalized spacial score (nSPS) is 13.2. The van der Waals surface area contributed by atoms with Crippen molar-refractivity contribution >= 4 is 0 Å². The predicted octanol–water partition coefficient (Wildman–Crippen LogP) is 5.38. The van der Waals surface area contributed by atoms with Crippen LogP contribution in [0.4, 0.5) is 0 Å². The Bertz CT molecular complexity index is 856. The summed E-state index contributed by atoms with van der Waals surface area (Å²) >= 11 is 0. The lowest BCUT2D eigenvalue weighted by molar-refractivity contribution is 0.293. The molecule has 0 aliphatic carbocycles. The van der Waals surface area contributed by atoms with E-state index in [0.29, 0.717) is 0 Å². The number of ether oxygens (including phenoxy) is 2. The highest BCUT2D eigenvalue weighted by molar-refractivity contribution is 5.43. The van der Waals surface area contributed by atoms with E-state index in [0.717, 1.165) is 43.9 Å². The second kappa shape index (κ2) is 11.0. The molecule has 0 N–H and O–H groups in total. The van der Waals surface area contributed by atoms with Crippen LogP contribution in [-0.4, -0.2) is 39.3 Å². The molecule has 0 amide bonds. The van der Waals surface area contributed by atoms with Gasteiger partial charge in [0.05, 0.1) is 25.7 Å². The van der Waals surface area contributed by atoms with E-state index in [-0.39, 0.29) is 5.92 Å². The summed E-state index contributed by atoms with van der Waals surface area (Å²) in [7, 11) is 5.47. The summed E-state index contributed by atoms with van der Waals surface area (Å²) in [6.07, 6.45) is 2.80. The van der Waals surface area contributed by atoms with Gasteiger partial charge >= 0.3 is 0 Å². The zero-order chi connectivity index (χ0) is 22.1. The van der Waals surface area contributed by atoms with E-state index in [4.69, 9.17) is 9.47 Å². The van der Waals surface area contributed by atoms with Crippen molar-refractivity contribution in [2.45, 2.75) is 45.4 Å². The number of methoxy groups -OCH3 is 2. The average molecular weight is 409 g/mol. The van der Waals surface area contributed by atoms with Crippen molar-refractivity contribution in [1.82, 2.24) is 4.90 Å². The molecular weight excluding hydrogens is 372 g/mol. The fraction of sp³-hybridized carbons (Fsp3) is 0.500. The lowest BCUT2D eigenvalue weighted by Gasteiger charge is -2.33. The summed E-state index contributed by atoms with van der Waals surface area (Å²) in [5, 5.41) is 10.1. The molecule has 4 heteroatoms. The lowest BCUT2D eigenvalue weighted by Crippen LogP contribution is -2.33. The van der Waals surface area contributed by atoms with Crippen molar-refractivity contribution in [2.24, 2.45) is 5.92 Å². The number of nitrogens with zero attached hydrogens (tertiary/aromatic N) is 2. The minimum atomic E-state index is -0.435. The highest BCUT2D eigenvalue weighted by Gasteiger charge is 2.36. The van der Waals surface area contributed by atoms with Crippen LogP contribution in [0, 0.1) is 24.2 Å². The van der Waals surface area contributed by atoms with Crippen LogP contribution >= 0.6 is 0 Å². The van der Waals surface area contributed by atoms with Crippen LogP contribution in [0.5, 0.6) is 11.5 Å². The van der Waals surface area contributed by atoms with Crippen LogP contribution in [0.3, 0.4) is 0 Å². The van der Waals surface area contributed by atoms with E-state index in [1.54, 1.807) is 14.2 Å². The number of rotatable bonds is 11. The lowest BCUT2D eigenvalue weighted by atomic mass is 9.68. The number of hydrogen-bond donors (Lipinski definition) is 0. The fourth-order valence-electron chi connectivity index (χ4n) is 4.15. The summed E-state index contributed by atoms with van der Waals surface area (Å²) in [6, 6.07) is 17.1. The zero-order valence-corrected chi connectivity index (χ0v) is 19.4. The average Bonchev–Trinajstić information content (AvgIpc) is 2.75. The van der Waals surface area contributed by atoms with E-state index < -0.39 is 5.41 Å². The number of nitriles is 1. The number of likely N-dealkylation sites (N-methyl/N-ethyl adjacent to an activating group) is 1. The van der Waals surface area contributed by atoms with Gasteiger partial charge in [-0.05, 0) is 74.5 Å². The molecule has 0 aliphatic heterocycles. The van der Waals surface area contributed by atoms with Crippen LogP contribution in [0.2, 0.25) is 0 Å². The van der Waals surface area contributed by atoms with Gasteiger partial charge in [0, 0.05) is 6.54 Å². The molecule has 0 unspecified atom stereocenters. The van der Waals surface area contributed by atoms with E-state index in [2.05, 4.69) is 57.0 Å². The molecular formula is C26H36N2O2. The SMILES string of the molecule is COc1ccc(CCN(C)CCC[C@](C#N)(c2ccccc2C)C(C)C)cc1OC. The zero-order valence-electron chi connectivity index (χ0n) is 19.4. The molecule has 30 heavy (non-hydrogen) atoms. The van der Waals surface area contributed by atoms with Gasteiger partial charge in [0.15, 0.2) is 11.5 Å². The third kappa shape index (κ3) is 5.55. The van der Waals surface area contributed by atoms with Crippen LogP contribution in [0.15, 0.2) is 42.5 Å². The molecule has 0 fully saturated rings. The van der Waals surface area contributed by atoms with E-state index in [1.165, 1.54) is 16.7 Å². The highest BCUT2D eigenvalue weighted by Crippen LogP contribution is 2.38. The third-order valence-electron chi connectivity index (χ3n) is 6.15. The third-order valence-corrected chi connectivity index (χ3v) is 6.15. The first-order chi connectivity index (χ1) is 14.4. The maximum Gasteiger partial charge on any atom is 0.160 e. The molecule has 0 spiro atoms. The van der Waals surface area contributed by atoms with E-state index in [9.17, 15) is 5.26 Å². The van der Waals surface area contributed by atoms with Gasteiger partial charge in [0.2, 0.25) is 0 Å². The summed E-state index contributed by atoms with van der Waals surface area (Å²) in [5.41, 5.74) is 3.17. The number of hydrogen-bond acceptors (Lipinski definition) is 4. The molecule has 4 nitrogen and oxygen atoms in total. The van der Waals surface area contributed by atoms with Crippen LogP contribution in [-0.2, 0) is 11.8 Å². The van der Waals surface area contributed by atoms with Gasteiger partial charge in [-0.3, -0.25) is 0 Å².